The zero-order valence-corrected chi connectivity index (χ0v) is 16.2. The molecule has 0 unspecified atom stereocenters. The lowest BCUT2D eigenvalue weighted by molar-refractivity contribution is 0.0957. The van der Waals surface area contributed by atoms with Crippen LogP contribution in [0, 0.1) is 0 Å². The summed E-state index contributed by atoms with van der Waals surface area (Å²) in [5, 5.41) is 4.00. The fourth-order valence-corrected chi connectivity index (χ4v) is 3.36. The quantitative estimate of drug-likeness (QED) is 0.560. The molecule has 4 nitrogen and oxygen atoms in total. The molecule has 0 fully saturated rings. The summed E-state index contributed by atoms with van der Waals surface area (Å²) in [6.45, 7) is 0.446. The Morgan fingerprint density at radius 1 is 1.16 bits per heavy atom. The number of hydrogen-bond donors (Lipinski definition) is 1. The van der Waals surface area contributed by atoms with E-state index in [9.17, 15) is 9.59 Å². The number of thiophene rings is 1. The Balaban J connectivity index is 1.90. The maximum absolute atomic E-state index is 12.2. The van der Waals surface area contributed by atoms with Gasteiger partial charge in [-0.05, 0) is 36.2 Å². The Morgan fingerprint density at radius 2 is 1.88 bits per heavy atom. The van der Waals surface area contributed by atoms with Gasteiger partial charge in [0.25, 0.3) is 5.91 Å². The zero-order chi connectivity index (χ0) is 18.4. The Bertz CT molecular complexity index is 800. The van der Waals surface area contributed by atoms with Crippen molar-refractivity contribution in [1.29, 1.82) is 0 Å². The summed E-state index contributed by atoms with van der Waals surface area (Å²) in [6, 6.07) is 8.61. The van der Waals surface area contributed by atoms with Crippen LogP contribution in [0.15, 0.2) is 42.6 Å². The summed E-state index contributed by atoms with van der Waals surface area (Å²) in [7, 11) is 3.67. The van der Waals surface area contributed by atoms with E-state index in [0.29, 0.717) is 32.8 Å². The van der Waals surface area contributed by atoms with Crippen LogP contribution in [0.3, 0.4) is 0 Å². The van der Waals surface area contributed by atoms with E-state index in [4.69, 9.17) is 23.2 Å². The number of rotatable bonds is 7. The zero-order valence-electron chi connectivity index (χ0n) is 13.9. The summed E-state index contributed by atoms with van der Waals surface area (Å²) in [6.07, 6.45) is 3.76. The lowest BCUT2D eigenvalue weighted by atomic mass is 10.1. The average molecular weight is 397 g/mol. The lowest BCUT2D eigenvalue weighted by Crippen LogP contribution is -2.24. The third-order valence-electron chi connectivity index (χ3n) is 3.29. The van der Waals surface area contributed by atoms with Crippen molar-refractivity contribution in [3.05, 3.63) is 68.0 Å². The molecule has 0 saturated heterocycles. The van der Waals surface area contributed by atoms with Crippen molar-refractivity contribution in [1.82, 2.24) is 10.2 Å². The highest BCUT2D eigenvalue weighted by Gasteiger charge is 2.12. The first-order valence-electron chi connectivity index (χ1n) is 7.57. The molecular weight excluding hydrogens is 379 g/mol. The van der Waals surface area contributed by atoms with Crippen molar-refractivity contribution >= 4 is 46.2 Å². The molecule has 2 rings (SSSR count). The molecule has 0 radical (unpaired) electrons. The third kappa shape index (κ3) is 5.88. The highest BCUT2D eigenvalue weighted by molar-refractivity contribution is 7.16. The van der Waals surface area contributed by atoms with E-state index in [1.807, 2.05) is 20.2 Å². The maximum Gasteiger partial charge on any atom is 0.261 e. The first-order chi connectivity index (χ1) is 11.9. The van der Waals surface area contributed by atoms with Gasteiger partial charge in [0.05, 0.1) is 9.75 Å². The van der Waals surface area contributed by atoms with Gasteiger partial charge < -0.3 is 10.2 Å². The highest BCUT2D eigenvalue weighted by Crippen LogP contribution is 2.21. The molecule has 0 aliphatic rings. The highest BCUT2D eigenvalue weighted by atomic mass is 35.5. The summed E-state index contributed by atoms with van der Waals surface area (Å²) in [4.78, 5) is 27.0. The lowest BCUT2D eigenvalue weighted by Gasteiger charge is -2.06. The van der Waals surface area contributed by atoms with Crippen LogP contribution < -0.4 is 5.32 Å². The van der Waals surface area contributed by atoms with E-state index in [0.717, 1.165) is 5.56 Å². The molecule has 1 aromatic heterocycles. The minimum atomic E-state index is -0.203. The molecule has 0 saturated carbocycles. The molecule has 1 heterocycles. The number of amides is 1. The van der Waals surface area contributed by atoms with Crippen molar-refractivity contribution < 1.29 is 9.59 Å². The monoisotopic (exact) mass is 396 g/mol. The second-order valence-electron chi connectivity index (χ2n) is 5.55. The van der Waals surface area contributed by atoms with Crippen LogP contribution in [-0.2, 0) is 6.42 Å². The van der Waals surface area contributed by atoms with Crippen molar-refractivity contribution in [2.75, 3.05) is 20.6 Å². The van der Waals surface area contributed by atoms with Crippen LogP contribution in [0.1, 0.15) is 24.9 Å². The maximum atomic E-state index is 12.2. The van der Waals surface area contributed by atoms with Gasteiger partial charge in [-0.3, -0.25) is 9.59 Å². The standard InChI is InChI=1S/C18H18Cl2N2O2S/c1-22(2)10-8-15(23)16-5-6-17(25-16)18(24)21-9-7-12-3-4-13(19)11-14(12)20/h3-6,8,10-11H,7,9H2,1-2H3,(H,21,24)/b10-8+. The van der Waals surface area contributed by atoms with Crippen molar-refractivity contribution in [2.24, 2.45) is 0 Å². The molecule has 0 spiro atoms. The Hall–Kier alpha value is -1.82. The van der Waals surface area contributed by atoms with Gasteiger partial charge in [0.1, 0.15) is 0 Å². The predicted octanol–water partition coefficient (Wildman–Crippen LogP) is 4.29. The normalized spacial score (nSPS) is 10.9. The Labute approximate surface area is 161 Å². The summed E-state index contributed by atoms with van der Waals surface area (Å²) < 4.78 is 0. The van der Waals surface area contributed by atoms with E-state index >= 15 is 0 Å². The SMILES string of the molecule is CN(C)/C=C/C(=O)c1ccc(C(=O)NCCc2ccc(Cl)cc2Cl)s1. The van der Waals surface area contributed by atoms with E-state index in [1.165, 1.54) is 17.4 Å². The van der Waals surface area contributed by atoms with Crippen molar-refractivity contribution in [2.45, 2.75) is 6.42 Å². The molecule has 25 heavy (non-hydrogen) atoms. The second-order valence-corrected chi connectivity index (χ2v) is 7.48. The number of carbonyl (C=O) groups is 2. The molecular formula is C18H18Cl2N2O2S. The number of ketones is 1. The minimum Gasteiger partial charge on any atom is -0.383 e. The molecule has 1 aromatic carbocycles. The molecule has 2 aromatic rings. The number of hydrogen-bond acceptors (Lipinski definition) is 4. The van der Waals surface area contributed by atoms with Crippen molar-refractivity contribution in [3.8, 4) is 0 Å². The average Bonchev–Trinajstić information content (AvgIpc) is 3.04. The third-order valence-corrected chi connectivity index (χ3v) is 4.98. The first kappa shape index (κ1) is 19.5. The number of carbonyl (C=O) groups excluding carboxylic acids is 2. The summed E-state index contributed by atoms with van der Waals surface area (Å²) in [5.41, 5.74) is 0.919. The van der Waals surface area contributed by atoms with Crippen LogP contribution in [-0.4, -0.2) is 37.2 Å². The molecule has 1 N–H and O–H groups in total. The van der Waals surface area contributed by atoms with E-state index in [2.05, 4.69) is 5.32 Å². The number of benzene rings is 1. The van der Waals surface area contributed by atoms with Gasteiger partial charge in [-0.25, -0.2) is 0 Å². The molecule has 7 heteroatoms. The van der Waals surface area contributed by atoms with Gasteiger partial charge >= 0.3 is 0 Å². The molecule has 0 aliphatic carbocycles. The molecule has 1 amide bonds. The van der Waals surface area contributed by atoms with E-state index in [1.54, 1.807) is 35.4 Å². The molecule has 0 bridgehead atoms. The molecule has 132 valence electrons. The number of nitrogens with one attached hydrogen (secondary N) is 1. The first-order valence-corrected chi connectivity index (χ1v) is 9.15. The van der Waals surface area contributed by atoms with Gasteiger partial charge in [0.15, 0.2) is 5.78 Å². The number of nitrogens with zero attached hydrogens (tertiary/aromatic N) is 1. The topological polar surface area (TPSA) is 49.4 Å². The van der Waals surface area contributed by atoms with Crippen LogP contribution in [0.5, 0.6) is 0 Å². The fraction of sp³-hybridized carbons (Fsp3) is 0.222. The van der Waals surface area contributed by atoms with E-state index < -0.39 is 0 Å². The summed E-state index contributed by atoms with van der Waals surface area (Å²) in [5.74, 6) is -0.323. The van der Waals surface area contributed by atoms with Crippen LogP contribution in [0.4, 0.5) is 0 Å². The predicted molar refractivity (Wildman–Crippen MR) is 104 cm³/mol. The van der Waals surface area contributed by atoms with Gasteiger partial charge in [-0.2, -0.15) is 0 Å². The minimum absolute atomic E-state index is 0.120. The smallest absolute Gasteiger partial charge is 0.261 e. The van der Waals surface area contributed by atoms with Gasteiger partial charge in [0.2, 0.25) is 0 Å². The van der Waals surface area contributed by atoms with Crippen LogP contribution in [0.25, 0.3) is 0 Å². The van der Waals surface area contributed by atoms with Gasteiger partial charge in [0, 0.05) is 43.0 Å². The summed E-state index contributed by atoms with van der Waals surface area (Å²) >= 11 is 13.1. The second kappa shape index (κ2) is 9.04. The molecule has 0 aliphatic heterocycles. The van der Waals surface area contributed by atoms with Crippen LogP contribution >= 0.6 is 34.5 Å². The largest absolute Gasteiger partial charge is 0.383 e. The Morgan fingerprint density at radius 3 is 2.56 bits per heavy atom. The number of halogens is 2. The van der Waals surface area contributed by atoms with Crippen LogP contribution in [0.2, 0.25) is 10.0 Å². The number of allylic oxidation sites excluding steroid dienone is 1. The Kier molecular flexibility index (Phi) is 7.05. The fourth-order valence-electron chi connectivity index (χ4n) is 2.01. The van der Waals surface area contributed by atoms with E-state index in [-0.39, 0.29) is 11.7 Å². The van der Waals surface area contributed by atoms with Gasteiger partial charge in [-0.15, -0.1) is 11.3 Å². The molecule has 0 atom stereocenters. The van der Waals surface area contributed by atoms with Crippen molar-refractivity contribution in [3.63, 3.8) is 0 Å². The van der Waals surface area contributed by atoms with Gasteiger partial charge in [-0.1, -0.05) is 29.3 Å².